The molecule has 0 radical (unpaired) electrons. The molecule has 1 saturated heterocycles. The quantitative estimate of drug-likeness (QED) is 0.112. The Balaban J connectivity index is 1.57. The van der Waals surface area contributed by atoms with Gasteiger partial charge in [0.15, 0.2) is 0 Å². The Kier molecular flexibility index (Phi) is 8.20. The zero-order valence-corrected chi connectivity index (χ0v) is 23.7. The van der Waals surface area contributed by atoms with Gasteiger partial charge in [-0.2, -0.15) is 0 Å². The molecule has 1 heterocycles. The van der Waals surface area contributed by atoms with Crippen LogP contribution >= 0.6 is 0 Å². The van der Waals surface area contributed by atoms with E-state index in [0.29, 0.717) is 29.2 Å². The van der Waals surface area contributed by atoms with E-state index in [4.69, 9.17) is 9.47 Å². The molecule has 1 aliphatic rings. The van der Waals surface area contributed by atoms with E-state index in [9.17, 15) is 19.5 Å². The fourth-order valence-corrected chi connectivity index (χ4v) is 5.13. The van der Waals surface area contributed by atoms with Gasteiger partial charge in [-0.3, -0.25) is 14.5 Å². The predicted molar refractivity (Wildman–Crippen MR) is 160 cm³/mol. The van der Waals surface area contributed by atoms with Gasteiger partial charge in [-0.25, -0.2) is 4.79 Å². The molecule has 1 fully saturated rings. The fraction of sp³-hybridized carbons (Fsp3) is 0.171. The van der Waals surface area contributed by atoms with Crippen LogP contribution in [0.15, 0.2) is 103 Å². The molecule has 0 bridgehead atoms. The largest absolute Gasteiger partial charge is 0.507 e. The first-order valence-corrected chi connectivity index (χ1v) is 13.7. The third kappa shape index (κ3) is 5.54. The Morgan fingerprint density at radius 1 is 0.833 bits per heavy atom. The molecule has 5 rings (SSSR count). The van der Waals surface area contributed by atoms with Crippen LogP contribution in [0.2, 0.25) is 0 Å². The van der Waals surface area contributed by atoms with Crippen molar-refractivity contribution in [3.05, 3.63) is 136 Å². The van der Waals surface area contributed by atoms with Crippen LogP contribution in [0.5, 0.6) is 5.75 Å². The van der Waals surface area contributed by atoms with Crippen LogP contribution in [-0.2, 0) is 20.9 Å². The second kappa shape index (κ2) is 12.1. The number of ether oxygens (including phenoxy) is 2. The molecule has 1 N–H and O–H groups in total. The van der Waals surface area contributed by atoms with E-state index in [2.05, 4.69) is 0 Å². The molecule has 1 amide bonds. The van der Waals surface area contributed by atoms with E-state index >= 15 is 0 Å². The first-order valence-electron chi connectivity index (χ1n) is 13.7. The molecule has 1 atom stereocenters. The summed E-state index contributed by atoms with van der Waals surface area (Å²) in [5.41, 5.74) is 4.25. The summed E-state index contributed by atoms with van der Waals surface area (Å²) < 4.78 is 11.1. The van der Waals surface area contributed by atoms with Crippen LogP contribution in [0.4, 0.5) is 5.69 Å². The number of nitrogens with zero attached hydrogens (tertiary/aromatic N) is 1. The second-order valence-electron chi connectivity index (χ2n) is 10.1. The highest BCUT2D eigenvalue weighted by Crippen LogP contribution is 2.43. The van der Waals surface area contributed by atoms with Gasteiger partial charge in [-0.15, -0.1) is 0 Å². The first kappa shape index (κ1) is 28.4. The summed E-state index contributed by atoms with van der Waals surface area (Å²) >= 11 is 0. The minimum atomic E-state index is -0.919. The van der Waals surface area contributed by atoms with Gasteiger partial charge in [0.2, 0.25) is 0 Å². The number of ketones is 1. The minimum Gasteiger partial charge on any atom is -0.507 e. The van der Waals surface area contributed by atoms with Gasteiger partial charge in [0.1, 0.15) is 18.1 Å². The van der Waals surface area contributed by atoms with Crippen molar-refractivity contribution in [3.8, 4) is 5.75 Å². The summed E-state index contributed by atoms with van der Waals surface area (Å²) in [4.78, 5) is 41.0. The number of hydrogen-bond donors (Lipinski definition) is 1. The summed E-state index contributed by atoms with van der Waals surface area (Å²) in [7, 11) is 0. The molecule has 0 spiro atoms. The molecule has 212 valence electrons. The van der Waals surface area contributed by atoms with Crippen molar-refractivity contribution in [3.63, 3.8) is 0 Å². The van der Waals surface area contributed by atoms with Gasteiger partial charge in [-0.05, 0) is 79.4 Å². The number of rotatable bonds is 8. The average Bonchev–Trinajstić information content (AvgIpc) is 3.26. The van der Waals surface area contributed by atoms with Crippen molar-refractivity contribution in [1.82, 2.24) is 0 Å². The molecular weight excluding hydrogens is 530 g/mol. The lowest BCUT2D eigenvalue weighted by molar-refractivity contribution is -0.132. The van der Waals surface area contributed by atoms with Gasteiger partial charge in [0, 0.05) is 11.3 Å². The summed E-state index contributed by atoms with van der Waals surface area (Å²) in [6.45, 7) is 6.04. The van der Waals surface area contributed by atoms with Crippen LogP contribution in [0.3, 0.4) is 0 Å². The molecule has 42 heavy (non-hydrogen) atoms. The number of aliphatic hydroxyl groups is 1. The average molecular weight is 562 g/mol. The van der Waals surface area contributed by atoms with E-state index in [1.54, 1.807) is 43.3 Å². The smallest absolute Gasteiger partial charge is 0.338 e. The molecule has 4 aromatic rings. The molecule has 7 heteroatoms. The van der Waals surface area contributed by atoms with Gasteiger partial charge in [0.25, 0.3) is 11.7 Å². The Morgan fingerprint density at radius 3 is 2.29 bits per heavy atom. The molecule has 0 saturated carbocycles. The zero-order valence-electron chi connectivity index (χ0n) is 23.7. The molecule has 4 aromatic carbocycles. The number of aryl methyl sites for hydroxylation is 2. The molecule has 1 unspecified atom stereocenters. The first-order chi connectivity index (χ1) is 20.3. The summed E-state index contributed by atoms with van der Waals surface area (Å²) in [6, 6.07) is 27.8. The number of amides is 1. The predicted octanol–water partition coefficient (Wildman–Crippen LogP) is 6.69. The highest BCUT2D eigenvalue weighted by molar-refractivity contribution is 6.51. The number of benzene rings is 4. The van der Waals surface area contributed by atoms with E-state index in [1.165, 1.54) is 11.0 Å². The Hall–Kier alpha value is -5.17. The van der Waals surface area contributed by atoms with Crippen molar-refractivity contribution in [2.24, 2.45) is 0 Å². The van der Waals surface area contributed by atoms with Crippen LogP contribution in [0.25, 0.3) is 5.76 Å². The maximum atomic E-state index is 13.6. The van der Waals surface area contributed by atoms with Crippen LogP contribution in [0, 0.1) is 13.8 Å². The van der Waals surface area contributed by atoms with Crippen molar-refractivity contribution in [2.45, 2.75) is 33.4 Å². The van der Waals surface area contributed by atoms with Gasteiger partial charge >= 0.3 is 5.97 Å². The highest BCUT2D eigenvalue weighted by Gasteiger charge is 2.47. The molecule has 0 aromatic heterocycles. The van der Waals surface area contributed by atoms with Crippen molar-refractivity contribution < 1.29 is 29.0 Å². The third-order valence-electron chi connectivity index (χ3n) is 7.25. The summed E-state index contributed by atoms with van der Waals surface area (Å²) in [5, 5.41) is 11.6. The molecule has 0 aliphatic carbocycles. The van der Waals surface area contributed by atoms with E-state index in [1.807, 2.05) is 68.4 Å². The van der Waals surface area contributed by atoms with Crippen molar-refractivity contribution in [1.29, 1.82) is 0 Å². The lowest BCUT2D eigenvalue weighted by Gasteiger charge is -2.27. The van der Waals surface area contributed by atoms with Gasteiger partial charge in [0.05, 0.1) is 23.8 Å². The van der Waals surface area contributed by atoms with Gasteiger partial charge in [-0.1, -0.05) is 60.7 Å². The summed E-state index contributed by atoms with van der Waals surface area (Å²) in [6.07, 6.45) is 0. The molecule has 1 aliphatic heterocycles. The Labute approximate surface area is 244 Å². The van der Waals surface area contributed by atoms with Crippen molar-refractivity contribution in [2.75, 3.05) is 11.5 Å². The standard InChI is InChI=1S/C35H31NO6/c1-4-41-35(40)26-14-10-15-27(20-26)36-31(28-16-9-8-11-22(28)2)30(33(38)34(36)39)32(37)25-17-18-29(23(3)19-25)42-21-24-12-6-5-7-13-24/h5-20,31,37H,4,21H2,1-3H3/b32-30+. The highest BCUT2D eigenvalue weighted by atomic mass is 16.5. The maximum Gasteiger partial charge on any atom is 0.338 e. The van der Waals surface area contributed by atoms with E-state index < -0.39 is 23.7 Å². The van der Waals surface area contributed by atoms with Crippen molar-refractivity contribution >= 4 is 29.1 Å². The normalized spacial score (nSPS) is 16.0. The lowest BCUT2D eigenvalue weighted by Crippen LogP contribution is -2.30. The Morgan fingerprint density at radius 2 is 1.57 bits per heavy atom. The molecule has 7 nitrogen and oxygen atoms in total. The van der Waals surface area contributed by atoms with E-state index in [-0.39, 0.29) is 23.5 Å². The molecular formula is C35H31NO6. The number of hydrogen-bond acceptors (Lipinski definition) is 6. The zero-order chi connectivity index (χ0) is 29.8. The number of anilines is 1. The lowest BCUT2D eigenvalue weighted by atomic mass is 9.92. The number of Topliss-reactive ketones (excluding diaryl/α,β-unsaturated/α-hetero) is 1. The van der Waals surface area contributed by atoms with Gasteiger partial charge < -0.3 is 14.6 Å². The maximum absolute atomic E-state index is 13.6. The summed E-state index contributed by atoms with van der Waals surface area (Å²) in [5.74, 6) is -1.80. The monoisotopic (exact) mass is 561 g/mol. The SMILES string of the molecule is CCOC(=O)c1cccc(N2C(=O)C(=O)/C(=C(/O)c3ccc(OCc4ccccc4)c(C)c3)C2c2ccccc2C)c1. The Bertz CT molecular complexity index is 1690. The number of carbonyl (C=O) groups is 3. The van der Waals surface area contributed by atoms with E-state index in [0.717, 1.165) is 16.7 Å². The minimum absolute atomic E-state index is 0.0341. The number of esters is 1. The number of aliphatic hydroxyl groups excluding tert-OH is 1. The van der Waals surface area contributed by atoms with Crippen LogP contribution in [-0.4, -0.2) is 29.4 Å². The second-order valence-corrected chi connectivity index (χ2v) is 10.1. The topological polar surface area (TPSA) is 93.1 Å². The third-order valence-corrected chi connectivity index (χ3v) is 7.25. The van der Waals surface area contributed by atoms with Crippen LogP contribution < -0.4 is 9.64 Å². The van der Waals surface area contributed by atoms with Crippen LogP contribution in [0.1, 0.15) is 51.1 Å². The fourth-order valence-electron chi connectivity index (χ4n) is 5.13. The number of carbonyl (C=O) groups excluding carboxylic acids is 3.